The van der Waals surface area contributed by atoms with Crippen molar-refractivity contribution in [1.29, 1.82) is 0 Å². The molecule has 2 heterocycles. The summed E-state index contributed by atoms with van der Waals surface area (Å²) in [5, 5.41) is 9.71. The highest BCUT2D eigenvalue weighted by atomic mass is 32.2. The monoisotopic (exact) mass is 362 g/mol. The molecule has 0 bridgehead atoms. The number of nitrogens with zero attached hydrogens (tertiary/aromatic N) is 4. The highest BCUT2D eigenvalue weighted by Crippen LogP contribution is 2.21. The molecule has 3 rings (SSSR count). The summed E-state index contributed by atoms with van der Waals surface area (Å²) >= 11 is 1.64. The summed E-state index contributed by atoms with van der Waals surface area (Å²) in [6.07, 6.45) is 4.59. The molecule has 1 aromatic carbocycles. The van der Waals surface area contributed by atoms with Crippen LogP contribution in [0.1, 0.15) is 24.2 Å². The summed E-state index contributed by atoms with van der Waals surface area (Å²) in [5.74, 6) is 1.88. The van der Waals surface area contributed by atoms with Gasteiger partial charge in [-0.05, 0) is 43.8 Å². The third-order valence-corrected chi connectivity index (χ3v) is 5.08. The molecule has 1 saturated heterocycles. The SMILES string of the molecule is COc1ccc(CN(C)Cc2nnc(SC)n2C[C@H]2CCCO2)cc1. The Labute approximate surface area is 153 Å². The van der Waals surface area contributed by atoms with Crippen LogP contribution < -0.4 is 4.74 Å². The van der Waals surface area contributed by atoms with Gasteiger partial charge in [0.25, 0.3) is 0 Å². The number of rotatable bonds is 8. The van der Waals surface area contributed by atoms with Gasteiger partial charge in [0.1, 0.15) is 11.6 Å². The lowest BCUT2D eigenvalue weighted by Crippen LogP contribution is -2.23. The second-order valence-electron chi connectivity index (χ2n) is 6.37. The molecule has 136 valence electrons. The number of hydrogen-bond donors (Lipinski definition) is 0. The van der Waals surface area contributed by atoms with Gasteiger partial charge in [-0.25, -0.2) is 0 Å². The van der Waals surface area contributed by atoms with E-state index in [-0.39, 0.29) is 6.10 Å². The summed E-state index contributed by atoms with van der Waals surface area (Å²) in [4.78, 5) is 2.25. The van der Waals surface area contributed by atoms with Crippen LogP contribution in [0.5, 0.6) is 5.75 Å². The van der Waals surface area contributed by atoms with Crippen LogP contribution in [0.3, 0.4) is 0 Å². The Balaban J connectivity index is 1.65. The van der Waals surface area contributed by atoms with Crippen LogP contribution in [0.15, 0.2) is 29.4 Å². The van der Waals surface area contributed by atoms with E-state index in [0.717, 1.165) is 55.8 Å². The van der Waals surface area contributed by atoms with E-state index in [1.165, 1.54) is 5.56 Å². The summed E-state index contributed by atoms with van der Waals surface area (Å²) < 4.78 is 13.2. The molecule has 0 amide bonds. The number of aromatic nitrogens is 3. The van der Waals surface area contributed by atoms with E-state index >= 15 is 0 Å². The second kappa shape index (κ2) is 8.69. The normalized spacial score (nSPS) is 17.4. The molecular formula is C18H26N4O2S. The first-order valence-corrected chi connectivity index (χ1v) is 9.81. The topological polar surface area (TPSA) is 52.4 Å². The van der Waals surface area contributed by atoms with Crippen LogP contribution in [-0.4, -0.2) is 52.8 Å². The maximum absolute atomic E-state index is 5.79. The molecule has 1 aliphatic rings. The maximum Gasteiger partial charge on any atom is 0.191 e. The highest BCUT2D eigenvalue weighted by Gasteiger charge is 2.21. The number of methoxy groups -OCH3 is 1. The zero-order valence-electron chi connectivity index (χ0n) is 15.1. The quantitative estimate of drug-likeness (QED) is 0.673. The van der Waals surface area contributed by atoms with Gasteiger partial charge in [-0.3, -0.25) is 4.90 Å². The number of ether oxygens (including phenoxy) is 2. The first kappa shape index (κ1) is 18.2. The standard InChI is InChI=1S/C18H26N4O2S/c1-21(11-14-6-8-15(23-2)9-7-14)13-17-19-20-18(25-3)22(17)12-16-5-4-10-24-16/h6-9,16H,4-5,10-13H2,1-3H3/t16-/m1/s1. The summed E-state index contributed by atoms with van der Waals surface area (Å²) in [7, 11) is 3.79. The molecule has 1 atom stereocenters. The first-order valence-electron chi connectivity index (χ1n) is 8.58. The summed E-state index contributed by atoms with van der Waals surface area (Å²) in [6, 6.07) is 8.18. The predicted octanol–water partition coefficient (Wildman–Crippen LogP) is 2.82. The molecule has 0 unspecified atom stereocenters. The number of thioether (sulfide) groups is 1. The van der Waals surface area contributed by atoms with Gasteiger partial charge in [0.15, 0.2) is 5.16 Å². The van der Waals surface area contributed by atoms with Crippen molar-refractivity contribution < 1.29 is 9.47 Å². The van der Waals surface area contributed by atoms with Crippen LogP contribution in [-0.2, 0) is 24.4 Å². The van der Waals surface area contributed by atoms with Crippen LogP contribution in [0.4, 0.5) is 0 Å². The van der Waals surface area contributed by atoms with Crippen molar-refractivity contribution in [3.8, 4) is 5.75 Å². The van der Waals surface area contributed by atoms with Crippen molar-refractivity contribution in [2.75, 3.05) is 27.0 Å². The third kappa shape index (κ3) is 4.74. The van der Waals surface area contributed by atoms with Crippen LogP contribution >= 0.6 is 11.8 Å². The number of hydrogen-bond acceptors (Lipinski definition) is 6. The second-order valence-corrected chi connectivity index (χ2v) is 7.14. The molecule has 1 aliphatic heterocycles. The fourth-order valence-electron chi connectivity index (χ4n) is 3.10. The van der Waals surface area contributed by atoms with Gasteiger partial charge in [0, 0.05) is 13.2 Å². The van der Waals surface area contributed by atoms with Crippen LogP contribution in [0.25, 0.3) is 0 Å². The fourth-order valence-corrected chi connectivity index (χ4v) is 3.63. The largest absolute Gasteiger partial charge is 0.497 e. The lowest BCUT2D eigenvalue weighted by Gasteiger charge is -2.19. The molecule has 6 nitrogen and oxygen atoms in total. The van der Waals surface area contributed by atoms with E-state index in [0.29, 0.717) is 0 Å². The maximum atomic E-state index is 5.79. The Hall–Kier alpha value is -1.57. The Morgan fingerprint density at radius 2 is 2.08 bits per heavy atom. The highest BCUT2D eigenvalue weighted by molar-refractivity contribution is 7.98. The van der Waals surface area contributed by atoms with Crippen LogP contribution in [0.2, 0.25) is 0 Å². The van der Waals surface area contributed by atoms with Gasteiger partial charge in [-0.2, -0.15) is 0 Å². The van der Waals surface area contributed by atoms with E-state index in [9.17, 15) is 0 Å². The molecule has 0 N–H and O–H groups in total. The van der Waals surface area contributed by atoms with Gasteiger partial charge >= 0.3 is 0 Å². The van der Waals surface area contributed by atoms with Gasteiger partial charge < -0.3 is 14.0 Å². The zero-order valence-corrected chi connectivity index (χ0v) is 16.0. The van der Waals surface area contributed by atoms with Crippen LogP contribution in [0, 0.1) is 0 Å². The molecule has 25 heavy (non-hydrogen) atoms. The molecule has 0 radical (unpaired) electrons. The zero-order chi connectivity index (χ0) is 17.6. The average Bonchev–Trinajstić information content (AvgIpc) is 3.26. The molecule has 2 aromatic rings. The molecule has 1 fully saturated rings. The van der Waals surface area contributed by atoms with Crippen molar-refractivity contribution in [3.05, 3.63) is 35.7 Å². The Morgan fingerprint density at radius 1 is 1.28 bits per heavy atom. The van der Waals surface area contributed by atoms with Gasteiger partial charge in [-0.1, -0.05) is 23.9 Å². The molecular weight excluding hydrogens is 336 g/mol. The smallest absolute Gasteiger partial charge is 0.191 e. The molecule has 0 aliphatic carbocycles. The van der Waals surface area contributed by atoms with E-state index in [1.54, 1.807) is 18.9 Å². The first-order chi connectivity index (χ1) is 12.2. The molecule has 0 spiro atoms. The van der Waals surface area contributed by atoms with Crippen molar-refractivity contribution in [1.82, 2.24) is 19.7 Å². The Bertz CT molecular complexity index is 668. The third-order valence-electron chi connectivity index (χ3n) is 4.41. The summed E-state index contributed by atoms with van der Waals surface area (Å²) in [5.41, 5.74) is 1.25. The van der Waals surface area contributed by atoms with Gasteiger partial charge in [0.2, 0.25) is 0 Å². The van der Waals surface area contributed by atoms with E-state index < -0.39 is 0 Å². The lowest BCUT2D eigenvalue weighted by atomic mass is 10.2. The lowest BCUT2D eigenvalue weighted by molar-refractivity contribution is 0.0934. The Morgan fingerprint density at radius 3 is 2.72 bits per heavy atom. The number of benzene rings is 1. The van der Waals surface area contributed by atoms with Gasteiger partial charge in [-0.15, -0.1) is 10.2 Å². The fraction of sp³-hybridized carbons (Fsp3) is 0.556. The van der Waals surface area contributed by atoms with E-state index in [2.05, 4.69) is 38.8 Å². The average molecular weight is 362 g/mol. The van der Waals surface area contributed by atoms with Crippen molar-refractivity contribution >= 4 is 11.8 Å². The summed E-state index contributed by atoms with van der Waals surface area (Å²) in [6.45, 7) is 3.32. The van der Waals surface area contributed by atoms with E-state index in [4.69, 9.17) is 9.47 Å². The minimum absolute atomic E-state index is 0.285. The molecule has 0 saturated carbocycles. The minimum Gasteiger partial charge on any atom is -0.497 e. The van der Waals surface area contributed by atoms with Crippen molar-refractivity contribution in [2.24, 2.45) is 0 Å². The Kier molecular flexibility index (Phi) is 6.34. The molecule has 7 heteroatoms. The van der Waals surface area contributed by atoms with Crippen molar-refractivity contribution in [3.63, 3.8) is 0 Å². The predicted molar refractivity (Wildman–Crippen MR) is 98.9 cm³/mol. The van der Waals surface area contributed by atoms with E-state index in [1.807, 2.05) is 18.4 Å². The van der Waals surface area contributed by atoms with Crippen molar-refractivity contribution in [2.45, 2.75) is 43.7 Å². The van der Waals surface area contributed by atoms with Gasteiger partial charge in [0.05, 0.1) is 26.3 Å². The molecule has 1 aromatic heterocycles. The minimum atomic E-state index is 0.285.